The molecule has 1 aliphatic rings. The van der Waals surface area contributed by atoms with E-state index in [9.17, 15) is 0 Å². The molecule has 0 spiro atoms. The lowest BCUT2D eigenvalue weighted by Crippen LogP contribution is -2.15. The molecule has 0 saturated heterocycles. The molecule has 57 heavy (non-hydrogen) atoms. The fraction of sp³-hybridized carbons (Fsp3) is 0.179. The van der Waals surface area contributed by atoms with E-state index in [1.807, 2.05) is 54.6 Å². The Kier molecular flexibility index (Phi) is 14.8. The third kappa shape index (κ3) is 10.6. The highest BCUT2D eigenvalue weighted by Crippen LogP contribution is 2.52. The number of thiophene rings is 1. The molecule has 0 fully saturated rings. The molecule has 1 aromatic heterocycles. The van der Waals surface area contributed by atoms with Crippen LogP contribution >= 0.6 is 11.3 Å². The predicted octanol–water partition coefficient (Wildman–Crippen LogP) is 16.5. The third-order valence-corrected chi connectivity index (χ3v) is 11.7. The second kappa shape index (κ2) is 19.9. The van der Waals surface area contributed by atoms with E-state index in [1.165, 1.54) is 86.9 Å². The van der Waals surface area contributed by atoms with Crippen LogP contribution in [0.3, 0.4) is 0 Å². The van der Waals surface area contributed by atoms with Crippen LogP contribution in [-0.4, -0.2) is 0 Å². The molecule has 0 aliphatic heterocycles. The van der Waals surface area contributed by atoms with Crippen LogP contribution in [-0.2, 0) is 11.8 Å². The van der Waals surface area contributed by atoms with Gasteiger partial charge >= 0.3 is 0 Å². The first-order valence-electron chi connectivity index (χ1n) is 20.0. The zero-order valence-corrected chi connectivity index (χ0v) is 36.0. The van der Waals surface area contributed by atoms with Gasteiger partial charge in [0.15, 0.2) is 0 Å². The van der Waals surface area contributed by atoms with E-state index in [0.717, 1.165) is 6.42 Å². The third-order valence-electron chi connectivity index (χ3n) is 10.5. The van der Waals surface area contributed by atoms with Crippen LogP contribution < -0.4 is 0 Å². The van der Waals surface area contributed by atoms with Gasteiger partial charge in [-0.1, -0.05) is 214 Å². The van der Waals surface area contributed by atoms with Crippen molar-refractivity contribution in [3.8, 4) is 11.1 Å². The molecule has 0 nitrogen and oxygen atoms in total. The molecule has 8 aromatic rings. The highest BCUT2D eigenvalue weighted by atomic mass is 32.1. The zero-order valence-electron chi connectivity index (χ0n) is 35.2. The molecule has 0 amide bonds. The first kappa shape index (κ1) is 42.4. The molecule has 9 rings (SSSR count). The van der Waals surface area contributed by atoms with Crippen LogP contribution in [0.15, 0.2) is 171 Å². The molecule has 1 heterocycles. The molecule has 0 unspecified atom stereocenters. The quantitative estimate of drug-likeness (QED) is 0.168. The smallest absolute Gasteiger partial charge is 0.0355 e. The van der Waals surface area contributed by atoms with Crippen LogP contribution in [0.25, 0.3) is 44.1 Å². The summed E-state index contributed by atoms with van der Waals surface area (Å²) in [6, 6.07) is 55.6. The van der Waals surface area contributed by atoms with Gasteiger partial charge in [-0.15, -0.1) is 11.3 Å². The molecule has 288 valence electrons. The maximum atomic E-state index is 3.85. The predicted molar refractivity (Wildman–Crippen MR) is 256 cm³/mol. The van der Waals surface area contributed by atoms with Crippen LogP contribution in [0.1, 0.15) is 75.7 Å². The van der Waals surface area contributed by atoms with Gasteiger partial charge in [0, 0.05) is 20.4 Å². The zero-order chi connectivity index (χ0) is 41.0. The monoisotopic (exact) mass is 762 g/mol. The summed E-state index contributed by atoms with van der Waals surface area (Å²) in [6.07, 6.45) is 4.95. The lowest BCUT2D eigenvalue weighted by Gasteiger charge is -2.22. The average molecular weight is 763 g/mol. The van der Waals surface area contributed by atoms with E-state index < -0.39 is 0 Å². The van der Waals surface area contributed by atoms with Gasteiger partial charge in [-0.3, -0.25) is 0 Å². The molecule has 1 heteroatoms. The summed E-state index contributed by atoms with van der Waals surface area (Å²) in [5, 5.41) is 4.06. The Morgan fingerprint density at radius 3 is 1.54 bits per heavy atom. The maximum Gasteiger partial charge on any atom is 0.0355 e. The molecule has 1 aliphatic carbocycles. The van der Waals surface area contributed by atoms with Gasteiger partial charge in [0.05, 0.1) is 0 Å². The minimum atomic E-state index is 0.0888. The van der Waals surface area contributed by atoms with Crippen molar-refractivity contribution in [3.63, 3.8) is 0 Å². The molecule has 0 saturated carbocycles. The van der Waals surface area contributed by atoms with E-state index in [4.69, 9.17) is 0 Å². The summed E-state index contributed by atoms with van der Waals surface area (Å²) >= 11 is 1.77. The summed E-state index contributed by atoms with van der Waals surface area (Å²) in [7, 11) is 0. The summed E-state index contributed by atoms with van der Waals surface area (Å²) in [5.41, 5.74) is 15.2. The van der Waals surface area contributed by atoms with Crippen LogP contribution in [0.4, 0.5) is 0 Å². The number of hydrogen-bond acceptors (Lipinski definition) is 1. The van der Waals surface area contributed by atoms with Crippen molar-refractivity contribution >= 4 is 44.3 Å². The van der Waals surface area contributed by atoms with E-state index in [2.05, 4.69) is 184 Å². The standard InChI is InChI=1S/C21H20.C13H12S.C8H10.2C7H8/c1-13-9-10-17-18(11-13)21(3,4)19-12-14(2)15-7-5-6-8-16(15)20(17)19;1-4-10-11-8-9(3)6-7-13(11)14-12(10)5-2;1-2-8-6-4-3-5-7-8;2*1-7-5-3-2-4-6-7/h5-12H,1-4H3;4-8H,1-2H2,3H3;3-7H,2H2,1H3;2*2-6H,1H3. The minimum absolute atomic E-state index is 0.0888. The van der Waals surface area contributed by atoms with Crippen molar-refractivity contribution in [3.05, 3.63) is 226 Å². The van der Waals surface area contributed by atoms with E-state index in [1.54, 1.807) is 11.3 Å². The summed E-state index contributed by atoms with van der Waals surface area (Å²) in [5.74, 6) is 0. The maximum absolute atomic E-state index is 3.85. The van der Waals surface area contributed by atoms with Gasteiger partial charge in [0.1, 0.15) is 0 Å². The highest BCUT2D eigenvalue weighted by molar-refractivity contribution is 7.20. The van der Waals surface area contributed by atoms with Crippen molar-refractivity contribution < 1.29 is 0 Å². The Morgan fingerprint density at radius 1 is 0.509 bits per heavy atom. The van der Waals surface area contributed by atoms with Gasteiger partial charge in [-0.05, 0) is 103 Å². The average Bonchev–Trinajstić information content (AvgIpc) is 3.70. The number of fused-ring (bicyclic) bond motifs is 6. The van der Waals surface area contributed by atoms with Crippen molar-refractivity contribution in [2.45, 2.75) is 67.2 Å². The number of aryl methyl sites for hydroxylation is 6. The van der Waals surface area contributed by atoms with Gasteiger partial charge in [-0.2, -0.15) is 0 Å². The summed E-state index contributed by atoms with van der Waals surface area (Å²) in [6.45, 7) is 25.2. The SMILES string of the molecule is C=Cc1sc2ccc(C)cc2c1C=C.CCc1ccccc1.Cc1ccc2c(c1)C(C)(C)c1cc(C)c3ccccc3c1-2.Cc1ccccc1.Cc1ccccc1. The molecule has 0 atom stereocenters. The Bertz CT molecular complexity index is 2500. The normalized spacial score (nSPS) is 11.5. The Hall–Kier alpha value is -5.76. The van der Waals surface area contributed by atoms with Crippen molar-refractivity contribution in [2.24, 2.45) is 0 Å². The molecular formula is C56H58S. The van der Waals surface area contributed by atoms with E-state index >= 15 is 0 Å². The lowest BCUT2D eigenvalue weighted by molar-refractivity contribution is 0.659. The first-order valence-corrected chi connectivity index (χ1v) is 20.8. The fourth-order valence-corrected chi connectivity index (χ4v) is 8.31. The Balaban J connectivity index is 0.000000148. The molecule has 7 aromatic carbocycles. The van der Waals surface area contributed by atoms with Crippen LogP contribution in [0.2, 0.25) is 0 Å². The number of hydrogen-bond donors (Lipinski definition) is 0. The van der Waals surface area contributed by atoms with Crippen molar-refractivity contribution in [1.29, 1.82) is 0 Å². The van der Waals surface area contributed by atoms with Gasteiger partial charge in [0.2, 0.25) is 0 Å². The largest absolute Gasteiger partial charge is 0.135 e. The molecule has 0 N–H and O–H groups in total. The fourth-order valence-electron chi connectivity index (χ4n) is 7.27. The van der Waals surface area contributed by atoms with Crippen LogP contribution in [0, 0.1) is 34.6 Å². The van der Waals surface area contributed by atoms with Gasteiger partial charge < -0.3 is 0 Å². The number of rotatable bonds is 3. The van der Waals surface area contributed by atoms with Gasteiger partial charge in [-0.25, -0.2) is 0 Å². The Labute approximate surface area is 346 Å². The summed E-state index contributed by atoms with van der Waals surface area (Å²) in [4.78, 5) is 1.21. The lowest BCUT2D eigenvalue weighted by atomic mass is 9.81. The minimum Gasteiger partial charge on any atom is -0.135 e. The van der Waals surface area contributed by atoms with Crippen molar-refractivity contribution in [1.82, 2.24) is 0 Å². The summed E-state index contributed by atoms with van der Waals surface area (Å²) < 4.78 is 1.31. The highest BCUT2D eigenvalue weighted by Gasteiger charge is 2.36. The van der Waals surface area contributed by atoms with E-state index in [0.29, 0.717) is 0 Å². The molecular weight excluding hydrogens is 705 g/mol. The second-order valence-electron chi connectivity index (χ2n) is 15.3. The molecule has 0 radical (unpaired) electrons. The molecule has 0 bridgehead atoms. The first-order chi connectivity index (χ1) is 27.5. The Morgan fingerprint density at radius 2 is 1.04 bits per heavy atom. The second-order valence-corrected chi connectivity index (χ2v) is 16.4. The van der Waals surface area contributed by atoms with Crippen LogP contribution in [0.5, 0.6) is 0 Å². The van der Waals surface area contributed by atoms with Crippen molar-refractivity contribution in [2.75, 3.05) is 0 Å². The van der Waals surface area contributed by atoms with E-state index in [-0.39, 0.29) is 5.41 Å². The number of benzene rings is 7. The van der Waals surface area contributed by atoms with Gasteiger partial charge in [0.25, 0.3) is 0 Å². The topological polar surface area (TPSA) is 0 Å².